The van der Waals surface area contributed by atoms with Gasteiger partial charge in [0, 0.05) is 10.8 Å². The minimum Gasteiger partial charge on any atom is -0.462 e. The number of ether oxygens (including phenoxy) is 2. The standard InChI is InChI=1S/C18H23N3O3/c1-3-9-23-18(24-10-4-2,12-21-14-19-13-20-21)17-16-8-6-5-7-15(16)11-22-17/h5-8,11,13-14H,3-4,9-10,12H2,1-2H3. The number of hydrogen-bond acceptors (Lipinski definition) is 5. The van der Waals surface area contributed by atoms with E-state index in [1.54, 1.807) is 17.3 Å². The Bertz CT molecular complexity index is 744. The smallest absolute Gasteiger partial charge is 0.249 e. The highest BCUT2D eigenvalue weighted by atomic mass is 16.7. The summed E-state index contributed by atoms with van der Waals surface area (Å²) in [4.78, 5) is 4.02. The van der Waals surface area contributed by atoms with Crippen molar-refractivity contribution in [2.24, 2.45) is 0 Å². The Balaban J connectivity index is 2.06. The second kappa shape index (κ2) is 7.59. The number of fused-ring (bicyclic) bond motifs is 1. The summed E-state index contributed by atoms with van der Waals surface area (Å²) in [6, 6.07) is 8.01. The predicted octanol–water partition coefficient (Wildman–Crippen LogP) is 3.73. The van der Waals surface area contributed by atoms with Gasteiger partial charge in [0.05, 0.1) is 19.5 Å². The minimum absolute atomic E-state index is 0.379. The van der Waals surface area contributed by atoms with Gasteiger partial charge in [0.1, 0.15) is 19.2 Å². The Morgan fingerprint density at radius 3 is 2.54 bits per heavy atom. The van der Waals surface area contributed by atoms with E-state index in [1.807, 2.05) is 24.3 Å². The number of rotatable bonds is 9. The van der Waals surface area contributed by atoms with E-state index in [-0.39, 0.29) is 0 Å². The van der Waals surface area contributed by atoms with Gasteiger partial charge in [0.25, 0.3) is 0 Å². The molecule has 6 nitrogen and oxygen atoms in total. The summed E-state index contributed by atoms with van der Waals surface area (Å²) >= 11 is 0. The second-order valence-corrected chi connectivity index (χ2v) is 5.69. The Labute approximate surface area is 141 Å². The van der Waals surface area contributed by atoms with Crippen molar-refractivity contribution < 1.29 is 13.9 Å². The van der Waals surface area contributed by atoms with Crippen LogP contribution in [0.5, 0.6) is 0 Å². The third-order valence-electron chi connectivity index (χ3n) is 3.77. The van der Waals surface area contributed by atoms with Crippen LogP contribution in [0, 0.1) is 0 Å². The molecule has 0 saturated heterocycles. The molecule has 2 aromatic heterocycles. The monoisotopic (exact) mass is 329 g/mol. The van der Waals surface area contributed by atoms with Crippen LogP contribution in [0.2, 0.25) is 0 Å². The zero-order valence-corrected chi connectivity index (χ0v) is 14.1. The Morgan fingerprint density at radius 1 is 1.12 bits per heavy atom. The van der Waals surface area contributed by atoms with Gasteiger partial charge in [-0.25, -0.2) is 9.67 Å². The van der Waals surface area contributed by atoms with Crippen molar-refractivity contribution in [2.45, 2.75) is 39.0 Å². The van der Waals surface area contributed by atoms with Gasteiger partial charge in [-0.2, -0.15) is 5.10 Å². The summed E-state index contributed by atoms with van der Waals surface area (Å²) in [6.07, 6.45) is 6.67. The molecule has 0 saturated carbocycles. The maximum Gasteiger partial charge on any atom is 0.249 e. The first-order valence-electron chi connectivity index (χ1n) is 8.36. The molecule has 6 heteroatoms. The lowest BCUT2D eigenvalue weighted by Gasteiger charge is -2.32. The molecule has 3 aromatic rings. The van der Waals surface area contributed by atoms with Crippen LogP contribution in [0.4, 0.5) is 0 Å². The van der Waals surface area contributed by atoms with Crippen molar-refractivity contribution in [2.75, 3.05) is 13.2 Å². The molecule has 1 aromatic carbocycles. The van der Waals surface area contributed by atoms with Crippen molar-refractivity contribution in [3.8, 4) is 0 Å². The molecular weight excluding hydrogens is 306 g/mol. The lowest BCUT2D eigenvalue weighted by atomic mass is 10.1. The van der Waals surface area contributed by atoms with Gasteiger partial charge in [-0.1, -0.05) is 38.1 Å². The fourth-order valence-corrected chi connectivity index (χ4v) is 2.68. The van der Waals surface area contributed by atoms with E-state index in [1.165, 1.54) is 6.33 Å². The van der Waals surface area contributed by atoms with Crippen molar-refractivity contribution in [1.29, 1.82) is 0 Å². The average Bonchev–Trinajstić information content (AvgIpc) is 3.27. The first-order chi connectivity index (χ1) is 11.8. The van der Waals surface area contributed by atoms with E-state index >= 15 is 0 Å². The summed E-state index contributed by atoms with van der Waals surface area (Å²) < 4.78 is 20.0. The van der Waals surface area contributed by atoms with Gasteiger partial charge < -0.3 is 13.9 Å². The summed E-state index contributed by atoms with van der Waals surface area (Å²) in [6.45, 7) is 5.64. The Kier molecular flexibility index (Phi) is 5.27. The zero-order valence-electron chi connectivity index (χ0n) is 14.1. The Hall–Kier alpha value is -2.18. The number of nitrogens with zero attached hydrogens (tertiary/aromatic N) is 3. The van der Waals surface area contributed by atoms with Crippen LogP contribution in [-0.2, 0) is 21.8 Å². The van der Waals surface area contributed by atoms with E-state index in [0.29, 0.717) is 25.5 Å². The summed E-state index contributed by atoms with van der Waals surface area (Å²) in [5.41, 5.74) is 0. The highest BCUT2D eigenvalue weighted by Crippen LogP contribution is 2.36. The fourth-order valence-electron chi connectivity index (χ4n) is 2.68. The molecule has 0 aliphatic carbocycles. The van der Waals surface area contributed by atoms with E-state index < -0.39 is 5.79 Å². The number of aromatic nitrogens is 3. The van der Waals surface area contributed by atoms with Gasteiger partial charge in [-0.3, -0.25) is 0 Å². The van der Waals surface area contributed by atoms with Gasteiger partial charge in [-0.05, 0) is 12.8 Å². The highest BCUT2D eigenvalue weighted by molar-refractivity contribution is 5.84. The van der Waals surface area contributed by atoms with Crippen LogP contribution in [0.1, 0.15) is 32.4 Å². The molecule has 0 unspecified atom stereocenters. The summed E-state index contributed by atoms with van der Waals surface area (Å²) in [5.74, 6) is -0.349. The van der Waals surface area contributed by atoms with Crippen LogP contribution in [0.25, 0.3) is 10.8 Å². The molecule has 0 radical (unpaired) electrons. The van der Waals surface area contributed by atoms with Crippen molar-refractivity contribution in [3.63, 3.8) is 0 Å². The largest absolute Gasteiger partial charge is 0.462 e. The molecule has 0 atom stereocenters. The van der Waals surface area contributed by atoms with Crippen molar-refractivity contribution in [3.05, 3.63) is 48.9 Å². The highest BCUT2D eigenvalue weighted by Gasteiger charge is 2.40. The van der Waals surface area contributed by atoms with Gasteiger partial charge in [-0.15, -0.1) is 0 Å². The lowest BCUT2D eigenvalue weighted by molar-refractivity contribution is -0.264. The molecule has 2 heterocycles. The number of hydrogen-bond donors (Lipinski definition) is 0. The molecule has 0 bridgehead atoms. The first-order valence-corrected chi connectivity index (χ1v) is 8.36. The fraction of sp³-hybridized carbons (Fsp3) is 0.444. The molecule has 128 valence electrons. The summed E-state index contributed by atoms with van der Waals surface area (Å²) in [7, 11) is 0. The number of benzene rings is 1. The van der Waals surface area contributed by atoms with Gasteiger partial charge >= 0.3 is 0 Å². The van der Waals surface area contributed by atoms with E-state index in [9.17, 15) is 0 Å². The van der Waals surface area contributed by atoms with Gasteiger partial charge in [0.2, 0.25) is 5.79 Å². The van der Waals surface area contributed by atoms with Crippen molar-refractivity contribution >= 4 is 10.8 Å². The quantitative estimate of drug-likeness (QED) is 0.560. The topological polar surface area (TPSA) is 62.3 Å². The zero-order chi connectivity index (χ0) is 16.8. The first kappa shape index (κ1) is 16.7. The van der Waals surface area contributed by atoms with Crippen molar-refractivity contribution in [1.82, 2.24) is 14.8 Å². The molecule has 0 amide bonds. The van der Waals surface area contributed by atoms with Crippen LogP contribution in [-0.4, -0.2) is 28.0 Å². The van der Waals surface area contributed by atoms with Crippen LogP contribution >= 0.6 is 0 Å². The molecule has 24 heavy (non-hydrogen) atoms. The third kappa shape index (κ3) is 3.34. The minimum atomic E-state index is -1.02. The van der Waals surface area contributed by atoms with Gasteiger partial charge in [0.15, 0.2) is 5.76 Å². The molecule has 0 aliphatic rings. The van der Waals surface area contributed by atoms with E-state index in [4.69, 9.17) is 13.9 Å². The SMILES string of the molecule is CCCOC(Cn1cncn1)(OCCC)c1occ2ccccc12. The van der Waals surface area contributed by atoms with E-state index in [0.717, 1.165) is 23.6 Å². The molecule has 0 N–H and O–H groups in total. The maximum atomic E-state index is 6.20. The molecule has 0 spiro atoms. The average molecular weight is 329 g/mol. The van der Waals surface area contributed by atoms with Crippen LogP contribution in [0.15, 0.2) is 47.6 Å². The normalized spacial score (nSPS) is 12.1. The summed E-state index contributed by atoms with van der Waals surface area (Å²) in [5, 5.41) is 6.23. The predicted molar refractivity (Wildman–Crippen MR) is 90.4 cm³/mol. The molecule has 0 aliphatic heterocycles. The maximum absolute atomic E-state index is 6.20. The van der Waals surface area contributed by atoms with E-state index in [2.05, 4.69) is 23.9 Å². The lowest BCUT2D eigenvalue weighted by Crippen LogP contribution is -2.38. The number of furan rings is 1. The second-order valence-electron chi connectivity index (χ2n) is 5.69. The molecule has 3 rings (SSSR count). The molecular formula is C18H23N3O3. The van der Waals surface area contributed by atoms with Crippen LogP contribution < -0.4 is 0 Å². The Morgan fingerprint density at radius 2 is 1.88 bits per heavy atom. The van der Waals surface area contributed by atoms with Crippen LogP contribution in [0.3, 0.4) is 0 Å². The third-order valence-corrected chi connectivity index (χ3v) is 3.77. The molecule has 0 fully saturated rings.